The first kappa shape index (κ1) is 50.4. The molecule has 24 atom stereocenters. The molecule has 0 radical (unpaired) electrons. The molecule has 3 N–H and O–H groups in total. The van der Waals surface area contributed by atoms with Gasteiger partial charge in [0.1, 0.15) is 0 Å². The third-order valence-electron chi connectivity index (χ3n) is 20.3. The van der Waals surface area contributed by atoms with Crippen molar-refractivity contribution in [3.63, 3.8) is 0 Å². The van der Waals surface area contributed by atoms with Gasteiger partial charge in [-0.2, -0.15) is 0 Å². The fourth-order valence-electron chi connectivity index (χ4n) is 16.4. The first-order chi connectivity index (χ1) is 32.4. The molecule has 15 rings (SSSR count). The predicted octanol–water partition coefficient (Wildman–Crippen LogP) is 8.34. The van der Waals surface area contributed by atoms with E-state index in [4.69, 9.17) is 57.7 Å². The summed E-state index contributed by atoms with van der Waals surface area (Å²) in [4.78, 5) is 46.7. The van der Waals surface area contributed by atoms with E-state index in [0.717, 1.165) is 77.0 Å². The molecule has 0 amide bonds. The van der Waals surface area contributed by atoms with Gasteiger partial charge in [0.05, 0.1) is 24.7 Å². The topological polar surface area (TPSA) is 189 Å². The number of aliphatic hydroxyl groups is 2. The van der Waals surface area contributed by atoms with Crippen molar-refractivity contribution in [2.45, 2.75) is 236 Å². The highest BCUT2D eigenvalue weighted by Crippen LogP contribution is 2.64. The van der Waals surface area contributed by atoms with Crippen molar-refractivity contribution in [2.75, 3.05) is 13.2 Å². The summed E-state index contributed by atoms with van der Waals surface area (Å²) in [7, 11) is 0. The largest absolute Gasteiger partial charge is 0.481 e. The lowest BCUT2D eigenvalue weighted by Crippen LogP contribution is -2.70. The Morgan fingerprint density at radius 2 is 0.809 bits per heavy atom. The Morgan fingerprint density at radius 3 is 1.16 bits per heavy atom. The Labute approximate surface area is 403 Å². The van der Waals surface area contributed by atoms with E-state index in [1.807, 2.05) is 20.8 Å². The number of carboxylic acid groups (broad SMARTS) is 1. The summed E-state index contributed by atoms with van der Waals surface area (Å²) in [5.41, 5.74) is -1.52. The number of hydrogen-bond acceptors (Lipinski definition) is 15. The number of hydrogen-bond donors (Lipinski definition) is 3. The summed E-state index contributed by atoms with van der Waals surface area (Å²) in [6.07, 6.45) is 13.3. The third-order valence-corrected chi connectivity index (χ3v) is 20.3. The highest BCUT2D eigenvalue weighted by Gasteiger charge is 2.72. The molecule has 12 saturated heterocycles. The van der Waals surface area contributed by atoms with E-state index in [1.165, 1.54) is 12.8 Å². The lowest BCUT2D eigenvalue weighted by molar-refractivity contribution is -0.571. The average Bonchev–Trinajstić information content (AvgIpc) is 3.78. The van der Waals surface area contributed by atoms with Crippen LogP contribution in [0, 0.1) is 71.0 Å². The Bertz CT molecular complexity index is 1810. The quantitative estimate of drug-likeness (QED) is 0.206. The molecule has 0 unspecified atom stereocenters. The number of rotatable bonds is 7. The van der Waals surface area contributed by atoms with Gasteiger partial charge in [-0.1, -0.05) is 41.5 Å². The molecule has 0 aromatic heterocycles. The zero-order valence-electron chi connectivity index (χ0n) is 42.3. The minimum absolute atomic E-state index is 0.00536. The molecular formula is C52H84O16. The van der Waals surface area contributed by atoms with Crippen molar-refractivity contribution in [1.82, 2.24) is 0 Å². The number of aliphatic carboxylic acids is 1. The van der Waals surface area contributed by atoms with Gasteiger partial charge in [0.25, 0.3) is 0 Å². The van der Waals surface area contributed by atoms with Crippen LogP contribution in [-0.2, 0) is 62.5 Å². The van der Waals surface area contributed by atoms with Gasteiger partial charge >= 0.3 is 5.97 Å². The van der Waals surface area contributed by atoms with Gasteiger partial charge < -0.3 is 43.7 Å². The number of fused-ring (bicyclic) bond motifs is 6. The average molecular weight is 965 g/mol. The molecule has 12 aliphatic heterocycles. The second-order valence-corrected chi connectivity index (χ2v) is 24.3. The second-order valence-electron chi connectivity index (χ2n) is 24.3. The summed E-state index contributed by atoms with van der Waals surface area (Å²) in [5, 5.41) is 27.8. The van der Waals surface area contributed by atoms with Crippen molar-refractivity contribution >= 4 is 5.97 Å². The van der Waals surface area contributed by atoms with E-state index >= 15 is 0 Å². The van der Waals surface area contributed by atoms with Crippen molar-refractivity contribution in [2.24, 2.45) is 71.0 Å². The van der Waals surface area contributed by atoms with Crippen molar-refractivity contribution in [3.05, 3.63) is 0 Å². The maximum Gasteiger partial charge on any atom is 0.305 e. The molecular weight excluding hydrogens is 881 g/mol. The van der Waals surface area contributed by atoms with Crippen LogP contribution in [0.1, 0.15) is 165 Å². The Balaban J connectivity index is 0.000000119. The molecule has 0 aromatic carbocycles. The minimum Gasteiger partial charge on any atom is -0.481 e. The predicted molar refractivity (Wildman–Crippen MR) is 241 cm³/mol. The maximum absolute atomic E-state index is 11.2. The fourth-order valence-corrected chi connectivity index (χ4v) is 16.4. The summed E-state index contributed by atoms with van der Waals surface area (Å²) >= 11 is 0. The van der Waals surface area contributed by atoms with E-state index < -0.39 is 46.4 Å². The molecule has 16 heteroatoms. The van der Waals surface area contributed by atoms with Gasteiger partial charge in [-0.15, -0.1) is 0 Å². The van der Waals surface area contributed by atoms with Crippen LogP contribution in [0.2, 0.25) is 0 Å². The summed E-state index contributed by atoms with van der Waals surface area (Å²) in [6.45, 7) is 19.6. The van der Waals surface area contributed by atoms with Crippen molar-refractivity contribution in [3.8, 4) is 0 Å². The van der Waals surface area contributed by atoms with Gasteiger partial charge in [0.2, 0.25) is 17.4 Å². The molecule has 12 heterocycles. The van der Waals surface area contributed by atoms with E-state index in [0.29, 0.717) is 65.6 Å². The van der Waals surface area contributed by atoms with Gasteiger partial charge in [0, 0.05) is 50.2 Å². The van der Waals surface area contributed by atoms with E-state index in [9.17, 15) is 20.1 Å². The maximum atomic E-state index is 11.2. The lowest BCUT2D eigenvalue weighted by Gasteiger charge is -2.60. The van der Waals surface area contributed by atoms with Crippen LogP contribution in [0.4, 0.5) is 0 Å². The van der Waals surface area contributed by atoms with E-state index in [1.54, 1.807) is 0 Å². The molecule has 68 heavy (non-hydrogen) atoms. The van der Waals surface area contributed by atoms with Crippen LogP contribution in [0.15, 0.2) is 0 Å². The molecule has 6 bridgehead atoms. The van der Waals surface area contributed by atoms with E-state index in [2.05, 4.69) is 41.5 Å². The highest BCUT2D eigenvalue weighted by atomic mass is 17.3. The van der Waals surface area contributed by atoms with E-state index in [-0.39, 0.29) is 62.4 Å². The highest BCUT2D eigenvalue weighted by molar-refractivity contribution is 5.67. The number of aliphatic hydroxyl groups excluding tert-OH is 2. The zero-order valence-corrected chi connectivity index (χ0v) is 42.3. The Kier molecular flexibility index (Phi) is 13.9. The summed E-state index contributed by atoms with van der Waals surface area (Å²) in [6, 6.07) is 0. The third kappa shape index (κ3) is 8.10. The molecule has 388 valence electrons. The molecule has 3 spiro atoms. The van der Waals surface area contributed by atoms with Crippen LogP contribution < -0.4 is 0 Å². The lowest BCUT2D eigenvalue weighted by atomic mass is 9.57. The molecule has 16 nitrogen and oxygen atoms in total. The standard InChI is InChI=1S/C18H30O5.C17H26O6.C17H28O5/c1-11-6-7-14-12(2)15(5-4-10-19)20-16-18(14)13(11)8-9-17(3,21-16)22-23-18;1-9-4-5-12-10(2)13(8-14(18)19)20-15-17(12)11(9)6-7-16(3,21-15)22-23-17;1-10-4-5-13-11(2)14(7-9-18)19-15-17(13)12(10)6-8-16(3,20-15)21-22-17/h11-16,19H,4-10H2,1-3H3;9-13,15H,4-8H2,1-3H3,(H,18,19);10-15,18H,4-9H2,1-3H3/t11-,12-,13+,14+,15-,16-,17+,18-;9-,10-,11+,12+,13-,15-,16+,17-;10-,11-,12+,13+,14-,15-,16+,17-/m111/s1. The Morgan fingerprint density at radius 1 is 0.456 bits per heavy atom. The molecule has 15 fully saturated rings. The van der Waals surface area contributed by atoms with Gasteiger partial charge in [0.15, 0.2) is 35.7 Å². The number of carbonyl (C=O) groups is 1. The van der Waals surface area contributed by atoms with Gasteiger partial charge in [-0.3, -0.25) is 4.79 Å². The molecule has 15 aliphatic rings. The van der Waals surface area contributed by atoms with Gasteiger partial charge in [-0.25, -0.2) is 29.3 Å². The monoisotopic (exact) mass is 965 g/mol. The van der Waals surface area contributed by atoms with Crippen LogP contribution in [0.3, 0.4) is 0 Å². The molecule has 3 saturated carbocycles. The van der Waals surface area contributed by atoms with Gasteiger partial charge in [-0.05, 0) is 151 Å². The first-order valence-electron chi connectivity index (χ1n) is 26.9. The fraction of sp³-hybridized carbons (Fsp3) is 0.981. The van der Waals surface area contributed by atoms with Crippen LogP contribution in [0.5, 0.6) is 0 Å². The summed E-state index contributed by atoms with van der Waals surface area (Å²) in [5.74, 6) is 1.65. The van der Waals surface area contributed by atoms with Crippen molar-refractivity contribution < 1.29 is 77.9 Å². The second kappa shape index (κ2) is 18.7. The first-order valence-corrected chi connectivity index (χ1v) is 26.9. The van der Waals surface area contributed by atoms with Crippen molar-refractivity contribution in [1.29, 1.82) is 0 Å². The number of carboxylic acids is 1. The SMILES string of the molecule is C[C@H]1[C@@H](CC(=O)O)O[C@@H]2O[C@]3(C)CC[C@H]4[C@H](C)CC[C@@H]1[C@@]24OO3.C[C@H]1[C@@H](CCCO)O[C@@H]2O[C@]3(C)CC[C@H]4[C@H](C)CC[C@@H]1[C@@]24OO3.C[C@H]1[C@@H](CCO)O[C@@H]2O[C@]3(C)CC[C@H]4[C@H](C)CC[C@@H]1[C@@]24OO3. The normalized spacial score (nSPS) is 55.9. The van der Waals surface area contributed by atoms with Crippen LogP contribution in [0.25, 0.3) is 0 Å². The molecule has 0 aromatic rings. The summed E-state index contributed by atoms with van der Waals surface area (Å²) < 4.78 is 37.6. The minimum atomic E-state index is -0.833. The molecule has 3 aliphatic carbocycles. The van der Waals surface area contributed by atoms with Crippen LogP contribution in [-0.4, -0.2) is 106 Å². The smallest absolute Gasteiger partial charge is 0.305 e. The van der Waals surface area contributed by atoms with Crippen LogP contribution >= 0.6 is 0 Å². The Hall–Kier alpha value is -1.09. The zero-order chi connectivity index (χ0) is 48.2. The number of ether oxygens (including phenoxy) is 6.